The van der Waals surface area contributed by atoms with Crippen molar-refractivity contribution in [1.29, 1.82) is 0 Å². The van der Waals surface area contributed by atoms with E-state index in [2.05, 4.69) is 26.9 Å². The number of sulfonamides is 1. The van der Waals surface area contributed by atoms with E-state index < -0.39 is 74.1 Å². The van der Waals surface area contributed by atoms with Gasteiger partial charge in [0.25, 0.3) is 5.91 Å². The van der Waals surface area contributed by atoms with Crippen LogP contribution in [0.5, 0.6) is 11.6 Å². The SMILES string of the molecule is C=C[C@@H]1C[C@]1(NC(=O)[C@@H]1C[C@@H](Oc2nccc3cc(OC)ccc23)CN1C(=O)[C@@H](NC(=O)OCC(C)(C)C)C(C)(C)C)C(=O)NS(=O)(=O)C1CC1. The van der Waals surface area contributed by atoms with Crippen molar-refractivity contribution < 1.29 is 41.8 Å². The molecule has 4 amide bonds. The molecule has 15 heteroatoms. The normalized spacial score (nSPS) is 23.9. The molecule has 14 nitrogen and oxygen atoms in total. The Morgan fingerprint density at radius 2 is 1.82 bits per heavy atom. The lowest BCUT2D eigenvalue weighted by molar-refractivity contribution is -0.142. The Hall–Kier alpha value is -4.40. The molecule has 1 aliphatic heterocycles. The summed E-state index contributed by atoms with van der Waals surface area (Å²) >= 11 is 0. The molecule has 2 heterocycles. The number of pyridine rings is 1. The summed E-state index contributed by atoms with van der Waals surface area (Å²) in [7, 11) is -2.33. The van der Waals surface area contributed by atoms with Crippen molar-refractivity contribution >= 4 is 44.6 Å². The van der Waals surface area contributed by atoms with Crippen LogP contribution >= 0.6 is 0 Å². The van der Waals surface area contributed by atoms with Crippen LogP contribution in [0.15, 0.2) is 43.1 Å². The number of carbonyl (C=O) groups excluding carboxylic acids is 4. The molecule has 1 aromatic heterocycles. The highest BCUT2D eigenvalue weighted by Crippen LogP contribution is 2.45. The van der Waals surface area contributed by atoms with Crippen LogP contribution < -0.4 is 24.8 Å². The summed E-state index contributed by atoms with van der Waals surface area (Å²) < 4.78 is 44.6. The number of amides is 4. The van der Waals surface area contributed by atoms with Gasteiger partial charge < -0.3 is 29.7 Å². The Morgan fingerprint density at radius 1 is 1.12 bits per heavy atom. The van der Waals surface area contributed by atoms with Crippen LogP contribution in [0.4, 0.5) is 4.79 Å². The van der Waals surface area contributed by atoms with Gasteiger partial charge in [0.1, 0.15) is 29.5 Å². The summed E-state index contributed by atoms with van der Waals surface area (Å²) in [5, 5.41) is 6.35. The van der Waals surface area contributed by atoms with Crippen LogP contribution in [-0.2, 0) is 29.1 Å². The highest BCUT2D eigenvalue weighted by molar-refractivity contribution is 7.91. The molecular weight excluding hydrogens is 678 g/mol. The molecule has 1 saturated heterocycles. The van der Waals surface area contributed by atoms with Crippen LogP contribution in [0.3, 0.4) is 0 Å². The first-order valence-electron chi connectivity index (χ1n) is 17.1. The van der Waals surface area contributed by atoms with Crippen LogP contribution in [0, 0.1) is 16.7 Å². The molecule has 1 aromatic carbocycles. The standard InChI is InChI=1S/C36H49N5O9S/c1-9-22-18-36(22,32(44)40-51(46,47)25-11-12-25)39-29(42)27-17-24(50-30-26-13-10-23(48-8)16-21(26)14-15-37-30)19-41(27)31(43)28(35(5,6)7)38-33(45)49-20-34(2,3)4/h9-10,13-16,22,24-25,27-28H,1,11-12,17-20H2,2-8H3,(H,38,45)(H,39,42)(H,40,44)/t22-,24-,27+,28-,36-/m1/s1. The van der Waals surface area contributed by atoms with Gasteiger partial charge in [-0.25, -0.2) is 18.2 Å². The fraction of sp³-hybridized carbons (Fsp3) is 0.583. The van der Waals surface area contributed by atoms with Gasteiger partial charge in [-0.1, -0.05) is 47.6 Å². The van der Waals surface area contributed by atoms with Gasteiger partial charge in [-0.3, -0.25) is 19.1 Å². The summed E-state index contributed by atoms with van der Waals surface area (Å²) in [5.74, 6) is -1.65. The number of benzene rings is 1. The Morgan fingerprint density at radius 3 is 2.41 bits per heavy atom. The van der Waals surface area contributed by atoms with Crippen molar-refractivity contribution in [1.82, 2.24) is 25.2 Å². The number of nitrogens with one attached hydrogen (secondary N) is 3. The van der Waals surface area contributed by atoms with Crippen LogP contribution in [0.1, 0.15) is 67.2 Å². The zero-order chi connectivity index (χ0) is 37.5. The molecule has 3 aliphatic rings. The number of hydrogen-bond donors (Lipinski definition) is 3. The van der Waals surface area contributed by atoms with E-state index in [9.17, 15) is 27.6 Å². The van der Waals surface area contributed by atoms with Crippen molar-refractivity contribution in [3.8, 4) is 11.6 Å². The largest absolute Gasteiger partial charge is 0.497 e. The van der Waals surface area contributed by atoms with Gasteiger partial charge in [-0.05, 0) is 59.7 Å². The molecular formula is C36H49N5O9S. The summed E-state index contributed by atoms with van der Waals surface area (Å²) in [4.78, 5) is 60.8. The maximum absolute atomic E-state index is 14.4. The number of carbonyl (C=O) groups is 4. The zero-order valence-electron chi connectivity index (χ0n) is 30.3. The smallest absolute Gasteiger partial charge is 0.407 e. The second-order valence-electron chi connectivity index (χ2n) is 15.9. The predicted octanol–water partition coefficient (Wildman–Crippen LogP) is 3.45. The number of methoxy groups -OCH3 is 1. The number of rotatable bonds is 12. The summed E-state index contributed by atoms with van der Waals surface area (Å²) in [6, 6.07) is 4.97. The van der Waals surface area contributed by atoms with Crippen molar-refractivity contribution in [2.24, 2.45) is 16.7 Å². The van der Waals surface area contributed by atoms with Crippen LogP contribution in [-0.4, -0.2) is 91.4 Å². The number of alkyl carbamates (subject to hydrolysis) is 1. The Labute approximate surface area is 299 Å². The maximum Gasteiger partial charge on any atom is 0.407 e. The fourth-order valence-electron chi connectivity index (χ4n) is 6.16. The molecule has 2 aromatic rings. The van der Waals surface area contributed by atoms with Crippen molar-refractivity contribution in [3.05, 3.63) is 43.1 Å². The third-order valence-electron chi connectivity index (χ3n) is 9.32. The fourth-order valence-corrected chi connectivity index (χ4v) is 7.52. The average Bonchev–Trinajstić information content (AvgIpc) is 3.98. The average molecular weight is 728 g/mol. The van der Waals surface area contributed by atoms with Crippen molar-refractivity contribution in [2.45, 2.75) is 96.2 Å². The molecule has 3 fully saturated rings. The third kappa shape index (κ3) is 8.57. The van der Waals surface area contributed by atoms with Gasteiger partial charge in [0.2, 0.25) is 27.7 Å². The highest BCUT2D eigenvalue weighted by atomic mass is 32.2. The Kier molecular flexibility index (Phi) is 10.4. The molecule has 2 saturated carbocycles. The number of aromatic nitrogens is 1. The second kappa shape index (κ2) is 14.0. The number of likely N-dealkylation sites (tertiary alicyclic amines) is 1. The number of fused-ring (bicyclic) bond motifs is 1. The van der Waals surface area contributed by atoms with E-state index in [1.807, 2.05) is 39.0 Å². The predicted molar refractivity (Wildman–Crippen MR) is 189 cm³/mol. The molecule has 2 aliphatic carbocycles. The molecule has 0 radical (unpaired) electrons. The van der Waals surface area contributed by atoms with E-state index in [-0.39, 0.29) is 31.4 Å². The zero-order valence-corrected chi connectivity index (χ0v) is 31.1. The molecule has 5 atom stereocenters. The number of ether oxygens (including phenoxy) is 3. The quantitative estimate of drug-likeness (QED) is 0.274. The van der Waals surface area contributed by atoms with E-state index in [0.29, 0.717) is 29.9 Å². The number of nitrogens with zero attached hydrogens (tertiary/aromatic N) is 2. The lowest BCUT2D eigenvalue weighted by Crippen LogP contribution is -2.60. The topological polar surface area (TPSA) is 182 Å². The molecule has 278 valence electrons. The molecule has 5 rings (SSSR count). The van der Waals surface area contributed by atoms with Gasteiger partial charge in [-0.15, -0.1) is 6.58 Å². The Bertz CT molecular complexity index is 1810. The van der Waals surface area contributed by atoms with Crippen molar-refractivity contribution in [2.75, 3.05) is 20.3 Å². The van der Waals surface area contributed by atoms with E-state index in [1.165, 1.54) is 11.0 Å². The molecule has 0 bridgehead atoms. The number of hydrogen-bond acceptors (Lipinski definition) is 10. The lowest BCUT2D eigenvalue weighted by Gasteiger charge is -2.35. The van der Waals surface area contributed by atoms with E-state index in [4.69, 9.17) is 14.2 Å². The minimum Gasteiger partial charge on any atom is -0.497 e. The minimum absolute atomic E-state index is 0.0218. The minimum atomic E-state index is -3.90. The maximum atomic E-state index is 14.4. The third-order valence-corrected chi connectivity index (χ3v) is 11.1. The summed E-state index contributed by atoms with van der Waals surface area (Å²) in [5.41, 5.74) is -2.67. The monoisotopic (exact) mass is 727 g/mol. The lowest BCUT2D eigenvalue weighted by atomic mass is 9.85. The molecule has 0 unspecified atom stereocenters. The van der Waals surface area contributed by atoms with Gasteiger partial charge in [0, 0.05) is 23.9 Å². The van der Waals surface area contributed by atoms with E-state index >= 15 is 0 Å². The van der Waals surface area contributed by atoms with Gasteiger partial charge in [0.05, 0.1) is 25.5 Å². The first-order chi connectivity index (χ1) is 23.8. The van der Waals surface area contributed by atoms with Gasteiger partial charge >= 0.3 is 6.09 Å². The van der Waals surface area contributed by atoms with Gasteiger partial charge in [0.15, 0.2) is 0 Å². The van der Waals surface area contributed by atoms with Crippen molar-refractivity contribution in [3.63, 3.8) is 0 Å². The van der Waals surface area contributed by atoms with Crippen LogP contribution in [0.2, 0.25) is 0 Å². The first kappa shape index (κ1) is 37.8. The summed E-state index contributed by atoms with van der Waals surface area (Å²) in [6.07, 6.45) is 2.67. The first-order valence-corrected chi connectivity index (χ1v) is 18.7. The molecule has 3 N–H and O–H groups in total. The molecule has 51 heavy (non-hydrogen) atoms. The van der Waals surface area contributed by atoms with Gasteiger partial charge in [-0.2, -0.15) is 0 Å². The van der Waals surface area contributed by atoms with E-state index in [0.717, 1.165) is 5.39 Å². The highest BCUT2D eigenvalue weighted by Gasteiger charge is 2.62. The second-order valence-corrected chi connectivity index (χ2v) is 17.9. The summed E-state index contributed by atoms with van der Waals surface area (Å²) in [6.45, 7) is 14.9. The van der Waals surface area contributed by atoms with E-state index in [1.54, 1.807) is 40.1 Å². The van der Waals surface area contributed by atoms with Crippen LogP contribution in [0.25, 0.3) is 10.8 Å². The molecule has 0 spiro atoms. The Balaban J connectivity index is 1.43.